The van der Waals surface area contributed by atoms with Crippen LogP contribution >= 0.6 is 0 Å². The molecule has 162 valence electrons. The number of aryl methyl sites for hydroxylation is 1. The van der Waals surface area contributed by atoms with Gasteiger partial charge in [-0.05, 0) is 43.2 Å². The van der Waals surface area contributed by atoms with Crippen LogP contribution < -0.4 is 9.80 Å². The van der Waals surface area contributed by atoms with E-state index in [1.54, 1.807) is 17.0 Å². The van der Waals surface area contributed by atoms with Gasteiger partial charge >= 0.3 is 0 Å². The van der Waals surface area contributed by atoms with Crippen LogP contribution in [-0.4, -0.2) is 54.4 Å². The van der Waals surface area contributed by atoms with Crippen LogP contribution in [0.5, 0.6) is 0 Å². The molecule has 2 saturated heterocycles. The van der Waals surface area contributed by atoms with Crippen molar-refractivity contribution in [3.63, 3.8) is 0 Å². The van der Waals surface area contributed by atoms with E-state index in [0.717, 1.165) is 22.5 Å². The third-order valence-electron chi connectivity index (χ3n) is 6.36. The van der Waals surface area contributed by atoms with Crippen molar-refractivity contribution in [1.82, 2.24) is 4.90 Å². The van der Waals surface area contributed by atoms with Gasteiger partial charge in [-0.2, -0.15) is 0 Å². The second-order valence-corrected chi connectivity index (χ2v) is 8.21. The first kappa shape index (κ1) is 20.8. The van der Waals surface area contributed by atoms with Crippen LogP contribution in [0.25, 0.3) is 0 Å². The minimum absolute atomic E-state index is 0.00318. The molecule has 2 aromatic carbocycles. The standard InChI is InChI=1S/C23H26N4O4/c1-16-4-3-5-21(17(16)2)26-15-18(14-22(26)28)23(29)25-12-10-24(11-13-25)19-6-8-20(9-7-19)27(30)31/h3-9,18H,10-15H2,1-2H3/t18-/m1/s1. The Balaban J connectivity index is 1.37. The molecule has 0 bridgehead atoms. The van der Waals surface area contributed by atoms with Crippen molar-refractivity contribution < 1.29 is 14.5 Å². The van der Waals surface area contributed by atoms with Gasteiger partial charge in [-0.1, -0.05) is 12.1 Å². The number of nitro benzene ring substituents is 1. The summed E-state index contributed by atoms with van der Waals surface area (Å²) in [5, 5.41) is 10.8. The Morgan fingerprint density at radius 3 is 2.35 bits per heavy atom. The maximum absolute atomic E-state index is 13.1. The molecule has 0 aliphatic carbocycles. The maximum Gasteiger partial charge on any atom is 0.269 e. The predicted octanol–water partition coefficient (Wildman–Crippen LogP) is 2.91. The third-order valence-corrected chi connectivity index (χ3v) is 6.36. The number of piperazine rings is 1. The molecule has 0 aromatic heterocycles. The Bertz CT molecular complexity index is 1010. The summed E-state index contributed by atoms with van der Waals surface area (Å²) in [6.07, 6.45) is 0.245. The van der Waals surface area contributed by atoms with Crippen molar-refractivity contribution in [2.75, 3.05) is 42.5 Å². The van der Waals surface area contributed by atoms with Crippen LogP contribution in [0, 0.1) is 29.9 Å². The number of carbonyl (C=O) groups excluding carboxylic acids is 2. The number of hydrogen-bond acceptors (Lipinski definition) is 5. The molecule has 2 heterocycles. The highest BCUT2D eigenvalue weighted by Gasteiger charge is 2.38. The average Bonchev–Trinajstić information content (AvgIpc) is 3.16. The first-order chi connectivity index (χ1) is 14.8. The summed E-state index contributed by atoms with van der Waals surface area (Å²) >= 11 is 0. The highest BCUT2D eigenvalue weighted by Crippen LogP contribution is 2.30. The zero-order valence-electron chi connectivity index (χ0n) is 17.8. The molecule has 2 fully saturated rings. The van der Waals surface area contributed by atoms with Gasteiger partial charge in [0.05, 0.1) is 10.8 Å². The molecule has 1 atom stereocenters. The topological polar surface area (TPSA) is 87.0 Å². The van der Waals surface area contributed by atoms with Gasteiger partial charge in [-0.3, -0.25) is 19.7 Å². The number of nitro groups is 1. The van der Waals surface area contributed by atoms with Crippen LogP contribution in [-0.2, 0) is 9.59 Å². The largest absolute Gasteiger partial charge is 0.368 e. The number of non-ortho nitro benzene ring substituents is 1. The second-order valence-electron chi connectivity index (χ2n) is 8.21. The Hall–Kier alpha value is -3.42. The quantitative estimate of drug-likeness (QED) is 0.559. The Morgan fingerprint density at radius 2 is 1.71 bits per heavy atom. The highest BCUT2D eigenvalue weighted by atomic mass is 16.6. The number of nitrogens with zero attached hydrogens (tertiary/aromatic N) is 4. The first-order valence-electron chi connectivity index (χ1n) is 10.5. The van der Waals surface area contributed by atoms with Crippen LogP contribution in [0.4, 0.5) is 17.1 Å². The zero-order valence-corrected chi connectivity index (χ0v) is 17.8. The number of amides is 2. The number of carbonyl (C=O) groups is 2. The van der Waals surface area contributed by atoms with Crippen molar-refractivity contribution in [2.45, 2.75) is 20.3 Å². The van der Waals surface area contributed by atoms with Gasteiger partial charge < -0.3 is 14.7 Å². The fraction of sp³-hybridized carbons (Fsp3) is 0.391. The summed E-state index contributed by atoms with van der Waals surface area (Å²) in [5.74, 6) is -0.292. The number of rotatable bonds is 4. The van der Waals surface area contributed by atoms with Crippen LogP contribution in [0.1, 0.15) is 17.5 Å². The number of benzene rings is 2. The van der Waals surface area contributed by atoms with Gasteiger partial charge in [0.25, 0.3) is 5.69 Å². The SMILES string of the molecule is Cc1cccc(N2C[C@H](C(=O)N3CCN(c4ccc([N+](=O)[O-])cc4)CC3)CC2=O)c1C. The van der Waals surface area contributed by atoms with Gasteiger partial charge in [-0.15, -0.1) is 0 Å². The first-order valence-corrected chi connectivity index (χ1v) is 10.5. The van der Waals surface area contributed by atoms with Gasteiger partial charge in [0.1, 0.15) is 0 Å². The summed E-state index contributed by atoms with van der Waals surface area (Å²) in [7, 11) is 0. The van der Waals surface area contributed by atoms with Crippen LogP contribution in [0.2, 0.25) is 0 Å². The molecule has 2 aliphatic rings. The van der Waals surface area contributed by atoms with E-state index in [-0.39, 0.29) is 29.8 Å². The van der Waals surface area contributed by atoms with E-state index in [0.29, 0.717) is 32.7 Å². The lowest BCUT2D eigenvalue weighted by atomic mass is 10.1. The van der Waals surface area contributed by atoms with Crippen molar-refractivity contribution in [3.8, 4) is 0 Å². The van der Waals surface area contributed by atoms with E-state index >= 15 is 0 Å². The fourth-order valence-electron chi connectivity index (χ4n) is 4.36. The minimum Gasteiger partial charge on any atom is -0.368 e. The lowest BCUT2D eigenvalue weighted by molar-refractivity contribution is -0.384. The summed E-state index contributed by atoms with van der Waals surface area (Å²) < 4.78 is 0. The average molecular weight is 422 g/mol. The molecular formula is C23H26N4O4. The highest BCUT2D eigenvalue weighted by molar-refractivity contribution is 6.01. The maximum atomic E-state index is 13.1. The summed E-state index contributed by atoms with van der Waals surface area (Å²) in [5.41, 5.74) is 4.07. The normalized spacial score (nSPS) is 19.1. The van der Waals surface area contributed by atoms with E-state index in [4.69, 9.17) is 0 Å². The smallest absolute Gasteiger partial charge is 0.269 e. The van der Waals surface area contributed by atoms with E-state index in [1.807, 2.05) is 36.9 Å². The Morgan fingerprint density at radius 1 is 1.03 bits per heavy atom. The number of anilines is 2. The van der Waals surface area contributed by atoms with E-state index in [1.165, 1.54) is 12.1 Å². The molecule has 2 aliphatic heterocycles. The lowest BCUT2D eigenvalue weighted by Gasteiger charge is -2.37. The molecule has 0 saturated carbocycles. The number of hydrogen-bond donors (Lipinski definition) is 0. The third kappa shape index (κ3) is 4.10. The second kappa shape index (κ2) is 8.37. The molecule has 2 aromatic rings. The monoisotopic (exact) mass is 422 g/mol. The molecule has 8 nitrogen and oxygen atoms in total. The summed E-state index contributed by atoms with van der Waals surface area (Å²) in [6, 6.07) is 12.4. The van der Waals surface area contributed by atoms with Gasteiger partial charge in [0, 0.05) is 62.7 Å². The Kier molecular flexibility index (Phi) is 5.63. The molecule has 0 N–H and O–H groups in total. The molecule has 4 rings (SSSR count). The van der Waals surface area contributed by atoms with Gasteiger partial charge in [-0.25, -0.2) is 0 Å². The molecule has 2 amide bonds. The summed E-state index contributed by atoms with van der Waals surface area (Å²) in [4.78, 5) is 41.9. The molecule has 0 radical (unpaired) electrons. The van der Waals surface area contributed by atoms with Gasteiger partial charge in [0.15, 0.2) is 0 Å². The van der Waals surface area contributed by atoms with Crippen molar-refractivity contribution in [2.24, 2.45) is 5.92 Å². The fourth-order valence-corrected chi connectivity index (χ4v) is 4.36. The lowest BCUT2D eigenvalue weighted by Crippen LogP contribution is -2.50. The molecule has 31 heavy (non-hydrogen) atoms. The minimum atomic E-state index is -0.412. The zero-order chi connectivity index (χ0) is 22.1. The molecule has 0 unspecified atom stereocenters. The van der Waals surface area contributed by atoms with Crippen LogP contribution in [0.15, 0.2) is 42.5 Å². The van der Waals surface area contributed by atoms with Crippen molar-refractivity contribution in [1.29, 1.82) is 0 Å². The Labute approximate surface area is 181 Å². The summed E-state index contributed by atoms with van der Waals surface area (Å²) in [6.45, 7) is 6.91. The van der Waals surface area contributed by atoms with Gasteiger partial charge in [0.2, 0.25) is 11.8 Å². The molecule has 0 spiro atoms. The molecular weight excluding hydrogens is 396 g/mol. The van der Waals surface area contributed by atoms with E-state index < -0.39 is 4.92 Å². The van der Waals surface area contributed by atoms with E-state index in [2.05, 4.69) is 4.90 Å². The van der Waals surface area contributed by atoms with E-state index in [9.17, 15) is 19.7 Å². The van der Waals surface area contributed by atoms with Crippen LogP contribution in [0.3, 0.4) is 0 Å². The van der Waals surface area contributed by atoms with Crippen molar-refractivity contribution in [3.05, 3.63) is 63.7 Å². The predicted molar refractivity (Wildman–Crippen MR) is 118 cm³/mol. The van der Waals surface area contributed by atoms with Crippen molar-refractivity contribution >= 4 is 28.9 Å². The molecule has 8 heteroatoms.